The van der Waals surface area contributed by atoms with E-state index in [0.29, 0.717) is 18.2 Å². The number of aromatic nitrogens is 2. The summed E-state index contributed by atoms with van der Waals surface area (Å²) in [4.78, 5) is 12.0. The molecule has 0 aliphatic heterocycles. The number of aryl methyl sites for hydroxylation is 1. The number of hydrogen-bond acceptors (Lipinski definition) is 3. The van der Waals surface area contributed by atoms with Gasteiger partial charge in [0.05, 0.1) is 6.61 Å². The average Bonchev–Trinajstić information content (AvgIpc) is 2.76. The summed E-state index contributed by atoms with van der Waals surface area (Å²) in [6.45, 7) is 7.57. The molecule has 1 aromatic heterocycles. The third-order valence-corrected chi connectivity index (χ3v) is 3.64. The van der Waals surface area contributed by atoms with Crippen molar-refractivity contribution in [1.82, 2.24) is 9.78 Å². The Bertz CT molecular complexity index is 449. The van der Waals surface area contributed by atoms with Gasteiger partial charge in [0.15, 0.2) is 5.69 Å². The fourth-order valence-electron chi connectivity index (χ4n) is 2.60. The van der Waals surface area contributed by atoms with Crippen LogP contribution in [0, 0.1) is 5.92 Å². The summed E-state index contributed by atoms with van der Waals surface area (Å²) in [5.74, 6) is 0.387. The van der Waals surface area contributed by atoms with Crippen LogP contribution in [-0.4, -0.2) is 22.4 Å². The van der Waals surface area contributed by atoms with Gasteiger partial charge in [0.1, 0.15) is 0 Å². The lowest BCUT2D eigenvalue weighted by Gasteiger charge is -2.14. The Morgan fingerprint density at radius 3 is 2.79 bits per heavy atom. The van der Waals surface area contributed by atoms with Gasteiger partial charge in [0.25, 0.3) is 0 Å². The van der Waals surface area contributed by atoms with Crippen LogP contribution in [0.5, 0.6) is 0 Å². The quantitative estimate of drug-likeness (QED) is 0.768. The second kappa shape index (κ2) is 6.22. The van der Waals surface area contributed by atoms with Gasteiger partial charge in [-0.15, -0.1) is 0 Å². The Kier molecular flexibility index (Phi) is 4.61. The van der Waals surface area contributed by atoms with Crippen molar-refractivity contribution in [3.8, 4) is 0 Å². The molecule has 1 aliphatic carbocycles. The Labute approximate surface area is 115 Å². The molecule has 1 aromatic rings. The van der Waals surface area contributed by atoms with E-state index in [1.54, 1.807) is 0 Å². The highest BCUT2D eigenvalue weighted by Crippen LogP contribution is 2.25. The maximum Gasteiger partial charge on any atom is 0.359 e. The normalized spacial score (nSPS) is 14.5. The molecule has 0 fully saturated rings. The predicted molar refractivity (Wildman–Crippen MR) is 74.3 cm³/mol. The van der Waals surface area contributed by atoms with E-state index < -0.39 is 0 Å². The Balaban J connectivity index is 2.26. The molecule has 0 saturated carbocycles. The molecule has 0 saturated heterocycles. The van der Waals surface area contributed by atoms with Crippen molar-refractivity contribution in [3.63, 3.8) is 0 Å². The van der Waals surface area contributed by atoms with Crippen LogP contribution in [0.4, 0.5) is 0 Å². The highest BCUT2D eigenvalue weighted by atomic mass is 16.5. The molecule has 19 heavy (non-hydrogen) atoms. The Hall–Kier alpha value is -1.32. The van der Waals surface area contributed by atoms with E-state index in [0.717, 1.165) is 37.8 Å². The Morgan fingerprint density at radius 1 is 1.37 bits per heavy atom. The summed E-state index contributed by atoms with van der Waals surface area (Å²) in [6, 6.07) is 0. The van der Waals surface area contributed by atoms with E-state index >= 15 is 0 Å². The molecule has 0 N–H and O–H groups in total. The van der Waals surface area contributed by atoms with Crippen molar-refractivity contribution in [3.05, 3.63) is 17.0 Å². The monoisotopic (exact) mass is 264 g/mol. The number of ether oxygens (including phenoxy) is 1. The topological polar surface area (TPSA) is 44.1 Å². The molecule has 0 atom stereocenters. The standard InChI is InChI=1S/C15H24N2O2/c1-4-19-15(18)14-12-7-5-6-8-13(12)17(16-14)10-9-11(2)3/h11H,4-10H2,1-3H3. The van der Waals surface area contributed by atoms with Crippen LogP contribution in [-0.2, 0) is 24.1 Å². The van der Waals surface area contributed by atoms with Gasteiger partial charge in [-0.05, 0) is 44.9 Å². The lowest BCUT2D eigenvalue weighted by molar-refractivity contribution is 0.0517. The fraction of sp³-hybridized carbons (Fsp3) is 0.733. The number of fused-ring (bicyclic) bond motifs is 1. The minimum absolute atomic E-state index is 0.260. The van der Waals surface area contributed by atoms with Crippen LogP contribution in [0.3, 0.4) is 0 Å². The van der Waals surface area contributed by atoms with Crippen LogP contribution >= 0.6 is 0 Å². The molecular formula is C15H24N2O2. The molecule has 0 spiro atoms. The van der Waals surface area contributed by atoms with Crippen LogP contribution in [0.25, 0.3) is 0 Å². The molecule has 4 nitrogen and oxygen atoms in total. The van der Waals surface area contributed by atoms with Gasteiger partial charge in [-0.3, -0.25) is 4.68 Å². The number of esters is 1. The number of hydrogen-bond donors (Lipinski definition) is 0. The molecular weight excluding hydrogens is 240 g/mol. The second-order valence-corrected chi connectivity index (χ2v) is 5.61. The predicted octanol–water partition coefficient (Wildman–Crippen LogP) is 2.98. The van der Waals surface area contributed by atoms with Crippen LogP contribution in [0.15, 0.2) is 0 Å². The maximum absolute atomic E-state index is 12.0. The smallest absolute Gasteiger partial charge is 0.359 e. The van der Waals surface area contributed by atoms with Gasteiger partial charge in [-0.25, -0.2) is 4.79 Å². The summed E-state index contributed by atoms with van der Waals surface area (Å²) in [5.41, 5.74) is 2.95. The van der Waals surface area contributed by atoms with E-state index in [4.69, 9.17) is 4.74 Å². The van der Waals surface area contributed by atoms with Gasteiger partial charge in [0.2, 0.25) is 0 Å². The van der Waals surface area contributed by atoms with Crippen molar-refractivity contribution in [2.75, 3.05) is 6.61 Å². The first-order valence-corrected chi connectivity index (χ1v) is 7.39. The second-order valence-electron chi connectivity index (χ2n) is 5.61. The number of carbonyl (C=O) groups is 1. The van der Waals surface area contributed by atoms with Gasteiger partial charge in [-0.1, -0.05) is 13.8 Å². The van der Waals surface area contributed by atoms with Crippen molar-refractivity contribution < 1.29 is 9.53 Å². The van der Waals surface area contributed by atoms with E-state index in [-0.39, 0.29) is 5.97 Å². The largest absolute Gasteiger partial charge is 0.461 e. The summed E-state index contributed by atoms with van der Waals surface area (Å²) in [5, 5.41) is 4.52. The maximum atomic E-state index is 12.0. The minimum atomic E-state index is -0.260. The molecule has 0 bridgehead atoms. The third-order valence-electron chi connectivity index (χ3n) is 3.64. The van der Waals surface area contributed by atoms with E-state index in [1.165, 1.54) is 12.1 Å². The molecule has 0 radical (unpaired) electrons. The molecule has 0 unspecified atom stereocenters. The summed E-state index contributed by atoms with van der Waals surface area (Å²) >= 11 is 0. The first-order chi connectivity index (χ1) is 9.13. The van der Waals surface area contributed by atoms with Crippen LogP contribution in [0.1, 0.15) is 61.8 Å². The highest BCUT2D eigenvalue weighted by molar-refractivity contribution is 5.89. The molecule has 0 aromatic carbocycles. The van der Waals surface area contributed by atoms with Crippen LogP contribution < -0.4 is 0 Å². The lowest BCUT2D eigenvalue weighted by atomic mass is 9.95. The van der Waals surface area contributed by atoms with E-state index in [2.05, 4.69) is 18.9 Å². The zero-order valence-corrected chi connectivity index (χ0v) is 12.2. The van der Waals surface area contributed by atoms with E-state index in [9.17, 15) is 4.79 Å². The van der Waals surface area contributed by atoms with Crippen molar-refractivity contribution in [2.24, 2.45) is 5.92 Å². The average molecular weight is 264 g/mol. The summed E-state index contributed by atoms with van der Waals surface area (Å²) in [6.07, 6.45) is 5.44. The first kappa shape index (κ1) is 14.1. The molecule has 1 aliphatic rings. The third kappa shape index (κ3) is 3.17. The van der Waals surface area contributed by atoms with Gasteiger partial charge < -0.3 is 4.74 Å². The van der Waals surface area contributed by atoms with Gasteiger partial charge in [0, 0.05) is 17.8 Å². The Morgan fingerprint density at radius 2 is 2.11 bits per heavy atom. The van der Waals surface area contributed by atoms with Crippen molar-refractivity contribution in [1.29, 1.82) is 0 Å². The van der Waals surface area contributed by atoms with Crippen LogP contribution in [0.2, 0.25) is 0 Å². The molecule has 106 valence electrons. The summed E-state index contributed by atoms with van der Waals surface area (Å²) in [7, 11) is 0. The number of nitrogens with zero attached hydrogens (tertiary/aromatic N) is 2. The molecule has 1 heterocycles. The first-order valence-electron chi connectivity index (χ1n) is 7.39. The molecule has 4 heteroatoms. The number of carbonyl (C=O) groups excluding carboxylic acids is 1. The number of rotatable bonds is 5. The van der Waals surface area contributed by atoms with Gasteiger partial charge >= 0.3 is 5.97 Å². The minimum Gasteiger partial charge on any atom is -0.461 e. The molecule has 2 rings (SSSR count). The molecule has 0 amide bonds. The lowest BCUT2D eigenvalue weighted by Crippen LogP contribution is -2.11. The van der Waals surface area contributed by atoms with Gasteiger partial charge in [-0.2, -0.15) is 5.10 Å². The SMILES string of the molecule is CCOC(=O)c1nn(CCC(C)C)c2c1CCCC2. The van der Waals surface area contributed by atoms with Crippen molar-refractivity contribution >= 4 is 5.97 Å². The van der Waals surface area contributed by atoms with Crippen molar-refractivity contribution in [2.45, 2.75) is 59.4 Å². The summed E-state index contributed by atoms with van der Waals surface area (Å²) < 4.78 is 7.16. The fourth-order valence-corrected chi connectivity index (χ4v) is 2.60. The van der Waals surface area contributed by atoms with E-state index in [1.807, 2.05) is 11.6 Å². The zero-order chi connectivity index (χ0) is 13.8. The highest BCUT2D eigenvalue weighted by Gasteiger charge is 2.25. The zero-order valence-electron chi connectivity index (χ0n) is 12.2.